The zero-order valence-corrected chi connectivity index (χ0v) is 29.6. The van der Waals surface area contributed by atoms with Crippen LogP contribution < -0.4 is 0 Å². The zero-order valence-electron chi connectivity index (χ0n) is 29.6. The van der Waals surface area contributed by atoms with Crippen molar-refractivity contribution in [3.63, 3.8) is 0 Å². The number of ether oxygens (including phenoxy) is 4. The van der Waals surface area contributed by atoms with E-state index in [0.717, 1.165) is 30.0 Å². The number of carbonyl (C=O) groups is 4. The van der Waals surface area contributed by atoms with Gasteiger partial charge in [0.25, 0.3) is 5.91 Å². The van der Waals surface area contributed by atoms with Crippen LogP contribution in [0.15, 0.2) is 42.5 Å². The van der Waals surface area contributed by atoms with E-state index in [1.165, 1.54) is 7.11 Å². The Labute approximate surface area is 293 Å². The topological polar surface area (TPSA) is 115 Å². The molecule has 0 unspecified atom stereocenters. The smallest absolute Gasteiger partial charge is 0.311 e. The van der Waals surface area contributed by atoms with Crippen LogP contribution in [0, 0.1) is 17.8 Å². The van der Waals surface area contributed by atoms with Gasteiger partial charge in [0.1, 0.15) is 0 Å². The maximum atomic E-state index is 15.2. The highest BCUT2D eigenvalue weighted by atomic mass is 16.5. The molecule has 6 saturated heterocycles. The van der Waals surface area contributed by atoms with Gasteiger partial charge in [-0.2, -0.15) is 0 Å². The molecule has 0 spiro atoms. The zero-order chi connectivity index (χ0) is 35.0. The Bertz CT molecular complexity index is 1720. The second kappa shape index (κ2) is 12.3. The average Bonchev–Trinajstić information content (AvgIpc) is 3.96. The molecule has 0 aliphatic carbocycles. The van der Waals surface area contributed by atoms with Crippen LogP contribution in [-0.4, -0.2) is 121 Å². The Morgan fingerprint density at radius 2 is 1.08 bits per heavy atom. The molecule has 0 saturated carbocycles. The van der Waals surface area contributed by atoms with Crippen LogP contribution in [0.25, 0.3) is 10.8 Å². The van der Waals surface area contributed by atoms with Crippen molar-refractivity contribution in [3.8, 4) is 0 Å². The van der Waals surface area contributed by atoms with Gasteiger partial charge in [0, 0.05) is 45.0 Å². The number of benzene rings is 2. The van der Waals surface area contributed by atoms with Crippen molar-refractivity contribution in [2.24, 2.45) is 17.8 Å². The van der Waals surface area contributed by atoms with E-state index in [2.05, 4.69) is 0 Å². The second-order valence-corrected chi connectivity index (χ2v) is 15.7. The molecule has 6 aliphatic rings. The highest BCUT2D eigenvalue weighted by Gasteiger charge is 2.70. The van der Waals surface area contributed by atoms with Crippen molar-refractivity contribution >= 4 is 34.5 Å². The largest absolute Gasteiger partial charge is 0.469 e. The normalized spacial score (nSPS) is 36.6. The Morgan fingerprint density at radius 3 is 1.60 bits per heavy atom. The van der Waals surface area contributed by atoms with Crippen molar-refractivity contribution < 1.29 is 38.1 Å². The van der Waals surface area contributed by atoms with Crippen LogP contribution in [0.3, 0.4) is 0 Å². The molecular formula is C39H49N3O8. The number of methoxy groups -OCH3 is 4. The Kier molecular flexibility index (Phi) is 8.27. The fraction of sp³-hybridized carbons (Fsp3) is 0.641. The number of rotatable bonds is 10. The first-order valence-corrected chi connectivity index (χ1v) is 18.2. The fourth-order valence-electron chi connectivity index (χ4n) is 11.8. The predicted octanol–water partition coefficient (Wildman–Crippen LogP) is 3.81. The lowest BCUT2D eigenvalue weighted by molar-refractivity contribution is -0.156. The van der Waals surface area contributed by atoms with Crippen LogP contribution in [0.1, 0.15) is 68.1 Å². The number of hydrogen-bond donors (Lipinski definition) is 0. The van der Waals surface area contributed by atoms with Gasteiger partial charge in [-0.05, 0) is 80.7 Å². The average molecular weight is 688 g/mol. The lowest BCUT2D eigenvalue weighted by atomic mass is 9.74. The van der Waals surface area contributed by atoms with Gasteiger partial charge < -0.3 is 33.6 Å². The van der Waals surface area contributed by atoms with Gasteiger partial charge >= 0.3 is 5.97 Å². The van der Waals surface area contributed by atoms with E-state index < -0.39 is 34.4 Å². The molecule has 11 heteroatoms. The minimum absolute atomic E-state index is 0.00107. The molecule has 0 N–H and O–H groups in total. The van der Waals surface area contributed by atoms with E-state index in [1.807, 2.05) is 57.2 Å². The maximum Gasteiger partial charge on any atom is 0.311 e. The van der Waals surface area contributed by atoms with Crippen LogP contribution in [0.2, 0.25) is 0 Å². The van der Waals surface area contributed by atoms with Gasteiger partial charge in [-0.25, -0.2) is 0 Å². The maximum absolute atomic E-state index is 15.2. The summed E-state index contributed by atoms with van der Waals surface area (Å²) in [5, 5.41) is 2.07. The molecule has 0 aromatic heterocycles. The fourth-order valence-corrected chi connectivity index (χ4v) is 11.8. The molecule has 0 radical (unpaired) electrons. The van der Waals surface area contributed by atoms with Crippen molar-refractivity contribution in [2.75, 3.05) is 48.3 Å². The van der Waals surface area contributed by atoms with Crippen LogP contribution in [0.5, 0.6) is 0 Å². The molecule has 2 aromatic rings. The Hall–Kier alpha value is -3.54. The number of nitrogens with zero attached hydrogens (tertiary/aromatic N) is 3. The number of esters is 1. The summed E-state index contributed by atoms with van der Waals surface area (Å²) in [5.74, 6) is -1.75. The molecule has 6 heterocycles. The molecule has 3 amide bonds. The summed E-state index contributed by atoms with van der Waals surface area (Å²) in [6.07, 6.45) is 6.12. The van der Waals surface area contributed by atoms with Gasteiger partial charge in [0.15, 0.2) is 0 Å². The van der Waals surface area contributed by atoms with Crippen molar-refractivity contribution in [2.45, 2.75) is 92.5 Å². The summed E-state index contributed by atoms with van der Waals surface area (Å²) in [6.45, 7) is 0.769. The minimum Gasteiger partial charge on any atom is -0.469 e. The number of hydrogen-bond acceptors (Lipinski definition) is 8. The lowest BCUT2D eigenvalue weighted by Crippen LogP contribution is -2.62. The third-order valence-corrected chi connectivity index (χ3v) is 13.7. The first kappa shape index (κ1) is 33.6. The van der Waals surface area contributed by atoms with Crippen molar-refractivity contribution in [3.05, 3.63) is 48.0 Å². The summed E-state index contributed by atoms with van der Waals surface area (Å²) in [4.78, 5) is 63.5. The minimum atomic E-state index is -0.812. The highest BCUT2D eigenvalue weighted by molar-refractivity contribution is 6.00. The van der Waals surface area contributed by atoms with Gasteiger partial charge in [-0.3, -0.25) is 19.2 Å². The third kappa shape index (κ3) is 4.51. The summed E-state index contributed by atoms with van der Waals surface area (Å²) in [5.41, 5.74) is -1.74. The predicted molar refractivity (Wildman–Crippen MR) is 183 cm³/mol. The molecule has 50 heavy (non-hydrogen) atoms. The van der Waals surface area contributed by atoms with E-state index in [1.54, 1.807) is 21.3 Å². The van der Waals surface area contributed by atoms with E-state index in [9.17, 15) is 14.4 Å². The highest BCUT2D eigenvalue weighted by Crippen LogP contribution is 2.59. The van der Waals surface area contributed by atoms with E-state index in [-0.39, 0.29) is 61.6 Å². The first-order chi connectivity index (χ1) is 24.2. The second-order valence-electron chi connectivity index (χ2n) is 15.7. The SMILES string of the molecule is COC[C@@]12CC[C@@H](C[C@H]1C(=O)N1[C@H]3CC[C@]1(COC)[C@H](C(=O)N1[C@H]4CC[C@]1(COC)[C@H](C(=O)OC)C4)C3)N2C(=O)c1ccc2ccccc2c1. The summed E-state index contributed by atoms with van der Waals surface area (Å²) in [7, 11) is 6.29. The molecule has 268 valence electrons. The molecule has 9 atom stereocenters. The van der Waals surface area contributed by atoms with Crippen LogP contribution in [0.4, 0.5) is 0 Å². The van der Waals surface area contributed by atoms with E-state index in [0.29, 0.717) is 44.1 Å². The first-order valence-electron chi connectivity index (χ1n) is 18.2. The van der Waals surface area contributed by atoms with Crippen LogP contribution >= 0.6 is 0 Å². The molecule has 6 bridgehead atoms. The van der Waals surface area contributed by atoms with Gasteiger partial charge in [-0.15, -0.1) is 0 Å². The molecular weight excluding hydrogens is 638 g/mol. The van der Waals surface area contributed by atoms with Crippen molar-refractivity contribution in [1.29, 1.82) is 0 Å². The number of amides is 3. The Morgan fingerprint density at radius 1 is 0.620 bits per heavy atom. The standard InChI is InChI=1S/C39H49N3O8/c1-47-21-37-14-11-27(40(37)33(43)26-10-9-24-7-5-6-8-25(24)17-26)18-30(37)34(44)41-28-12-15-38(41,22-48-2)31(19-28)35(45)42-29-13-16-39(42,23-49-3)32(20-29)36(46)50-4/h5-10,17,27-32H,11-16,18-23H2,1-4H3/t27-,28-,29-,30-,31-,32-,37-,38-,39-/m0/s1. The van der Waals surface area contributed by atoms with Gasteiger partial charge in [0.05, 0.1) is 61.3 Å². The molecule has 2 aromatic carbocycles. The van der Waals surface area contributed by atoms with E-state index in [4.69, 9.17) is 18.9 Å². The molecule has 11 nitrogen and oxygen atoms in total. The molecule has 8 rings (SSSR count). The van der Waals surface area contributed by atoms with Gasteiger partial charge in [-0.1, -0.05) is 30.3 Å². The third-order valence-electron chi connectivity index (χ3n) is 13.7. The lowest BCUT2D eigenvalue weighted by Gasteiger charge is -2.45. The summed E-state index contributed by atoms with van der Waals surface area (Å²) < 4.78 is 22.6. The van der Waals surface area contributed by atoms with E-state index >= 15 is 4.79 Å². The number of fused-ring (bicyclic) bond motifs is 7. The molecule has 6 aliphatic heterocycles. The Balaban J connectivity index is 1.11. The summed E-state index contributed by atoms with van der Waals surface area (Å²) in [6, 6.07) is 13.6. The molecule has 6 fully saturated rings. The van der Waals surface area contributed by atoms with Crippen LogP contribution in [-0.2, 0) is 33.3 Å². The monoisotopic (exact) mass is 687 g/mol. The summed E-state index contributed by atoms with van der Waals surface area (Å²) >= 11 is 0. The number of carbonyl (C=O) groups excluding carboxylic acids is 4. The quantitative estimate of drug-likeness (QED) is 0.347. The van der Waals surface area contributed by atoms with Gasteiger partial charge in [0.2, 0.25) is 11.8 Å². The van der Waals surface area contributed by atoms with Crippen molar-refractivity contribution in [1.82, 2.24) is 14.7 Å².